The first-order valence-electron chi connectivity index (χ1n) is 6.40. The molecule has 3 heteroatoms. The van der Waals surface area contributed by atoms with Crippen LogP contribution in [0.5, 0.6) is 0 Å². The van der Waals surface area contributed by atoms with Crippen molar-refractivity contribution in [3.8, 4) is 18.2 Å². The van der Waals surface area contributed by atoms with Crippen LogP contribution in [0.25, 0.3) is 11.6 Å². The molecule has 2 aromatic carbocycles. The molecule has 0 bridgehead atoms. The van der Waals surface area contributed by atoms with Gasteiger partial charge in [-0.1, -0.05) is 36.4 Å². The zero-order valence-corrected chi connectivity index (χ0v) is 11.0. The summed E-state index contributed by atoms with van der Waals surface area (Å²) in [5.41, 5.74) is 2.32. The van der Waals surface area contributed by atoms with E-state index >= 15 is 0 Å². The Hall–Kier alpha value is -3.35. The summed E-state index contributed by atoms with van der Waals surface area (Å²) in [5.74, 6) is 0. The number of rotatable bonds is 1. The van der Waals surface area contributed by atoms with E-state index < -0.39 is 5.41 Å². The van der Waals surface area contributed by atoms with E-state index in [-0.39, 0.29) is 0 Å². The second-order valence-electron chi connectivity index (χ2n) is 4.81. The van der Waals surface area contributed by atoms with E-state index in [9.17, 15) is 10.5 Å². The highest BCUT2D eigenvalue weighted by atomic mass is 14.5. The van der Waals surface area contributed by atoms with Crippen LogP contribution in [0.1, 0.15) is 22.3 Å². The normalized spacial score (nSPS) is 14.2. The number of hydrogen-bond acceptors (Lipinski definition) is 3. The van der Waals surface area contributed by atoms with Crippen LogP contribution >= 0.6 is 0 Å². The molecule has 0 aliphatic heterocycles. The van der Waals surface area contributed by atoms with E-state index in [1.54, 1.807) is 24.3 Å². The average molecular weight is 267 g/mol. The van der Waals surface area contributed by atoms with Gasteiger partial charge in [-0.3, -0.25) is 0 Å². The number of benzene rings is 2. The smallest absolute Gasteiger partial charge is 0.194 e. The topological polar surface area (TPSA) is 71.4 Å². The van der Waals surface area contributed by atoms with Gasteiger partial charge in [0, 0.05) is 0 Å². The number of nitrogens with zero attached hydrogens (tertiary/aromatic N) is 3. The van der Waals surface area contributed by atoms with E-state index in [0.29, 0.717) is 16.7 Å². The van der Waals surface area contributed by atoms with Crippen molar-refractivity contribution in [3.63, 3.8) is 0 Å². The standard InChI is InChI=1S/C18H9N3/c19-10-13-5-7-14(8-6-13)17-9-15-3-1-2-4-16(15)18(17,11-20)12-21/h1-9H. The van der Waals surface area contributed by atoms with Crippen molar-refractivity contribution >= 4 is 11.6 Å². The van der Waals surface area contributed by atoms with Crippen molar-refractivity contribution in [1.82, 2.24) is 0 Å². The van der Waals surface area contributed by atoms with Crippen LogP contribution in [0.15, 0.2) is 48.5 Å². The van der Waals surface area contributed by atoms with Crippen molar-refractivity contribution in [3.05, 3.63) is 70.8 Å². The van der Waals surface area contributed by atoms with Crippen molar-refractivity contribution in [2.24, 2.45) is 0 Å². The Kier molecular flexibility index (Phi) is 2.80. The minimum Gasteiger partial charge on any atom is -0.196 e. The van der Waals surface area contributed by atoms with E-state index in [1.807, 2.05) is 30.3 Å². The van der Waals surface area contributed by atoms with E-state index in [2.05, 4.69) is 18.2 Å². The Morgan fingerprint density at radius 1 is 0.810 bits per heavy atom. The number of hydrogen-bond donors (Lipinski definition) is 0. The molecule has 0 spiro atoms. The van der Waals surface area contributed by atoms with Gasteiger partial charge in [0.2, 0.25) is 0 Å². The lowest BCUT2D eigenvalue weighted by molar-refractivity contribution is 0.929. The van der Waals surface area contributed by atoms with E-state index in [4.69, 9.17) is 5.26 Å². The lowest BCUT2D eigenvalue weighted by Crippen LogP contribution is -2.21. The van der Waals surface area contributed by atoms with Gasteiger partial charge >= 0.3 is 0 Å². The molecule has 0 saturated heterocycles. The maximum absolute atomic E-state index is 9.63. The van der Waals surface area contributed by atoms with Crippen LogP contribution in [0.3, 0.4) is 0 Å². The SMILES string of the molecule is N#Cc1ccc(C2=Cc3ccccc3C2(C#N)C#N)cc1. The van der Waals surface area contributed by atoms with Crippen molar-refractivity contribution in [2.45, 2.75) is 5.41 Å². The monoisotopic (exact) mass is 267 g/mol. The highest BCUT2D eigenvalue weighted by Crippen LogP contribution is 2.46. The summed E-state index contributed by atoms with van der Waals surface area (Å²) in [6.45, 7) is 0. The van der Waals surface area contributed by atoms with Crippen LogP contribution in [-0.2, 0) is 5.41 Å². The van der Waals surface area contributed by atoms with Gasteiger partial charge in [-0.15, -0.1) is 0 Å². The number of fused-ring (bicyclic) bond motifs is 1. The zero-order chi connectivity index (χ0) is 14.9. The molecule has 96 valence electrons. The van der Waals surface area contributed by atoms with Gasteiger partial charge in [-0.05, 0) is 40.5 Å². The summed E-state index contributed by atoms with van der Waals surface area (Å²) >= 11 is 0. The molecule has 0 atom stereocenters. The maximum atomic E-state index is 9.63. The van der Waals surface area contributed by atoms with Crippen LogP contribution in [0, 0.1) is 34.0 Å². The molecule has 0 heterocycles. The van der Waals surface area contributed by atoms with Gasteiger partial charge < -0.3 is 0 Å². The molecule has 3 rings (SSSR count). The molecular formula is C18H9N3. The predicted molar refractivity (Wildman–Crippen MR) is 78.4 cm³/mol. The van der Waals surface area contributed by atoms with Gasteiger partial charge in [0.1, 0.15) is 0 Å². The van der Waals surface area contributed by atoms with Crippen LogP contribution < -0.4 is 0 Å². The molecule has 0 fully saturated rings. The Labute approximate surface area is 122 Å². The zero-order valence-electron chi connectivity index (χ0n) is 11.0. The fourth-order valence-electron chi connectivity index (χ4n) is 2.66. The highest BCUT2D eigenvalue weighted by molar-refractivity contribution is 5.98. The lowest BCUT2D eigenvalue weighted by Gasteiger charge is -2.18. The number of allylic oxidation sites excluding steroid dienone is 1. The van der Waals surface area contributed by atoms with Gasteiger partial charge in [0.05, 0.1) is 23.8 Å². The minimum absolute atomic E-state index is 0.550. The van der Waals surface area contributed by atoms with Gasteiger partial charge in [-0.25, -0.2) is 0 Å². The average Bonchev–Trinajstić information content (AvgIpc) is 2.89. The third-order valence-corrected chi connectivity index (χ3v) is 3.73. The van der Waals surface area contributed by atoms with Gasteiger partial charge in [0.25, 0.3) is 0 Å². The van der Waals surface area contributed by atoms with Crippen LogP contribution in [0.2, 0.25) is 0 Å². The maximum Gasteiger partial charge on any atom is 0.194 e. The molecule has 0 unspecified atom stereocenters. The Bertz CT molecular complexity index is 854. The molecule has 0 radical (unpaired) electrons. The Balaban J connectivity index is 2.22. The summed E-state index contributed by atoms with van der Waals surface area (Å²) in [5, 5.41) is 28.1. The lowest BCUT2D eigenvalue weighted by atomic mass is 9.77. The second-order valence-corrected chi connectivity index (χ2v) is 4.81. The Morgan fingerprint density at radius 2 is 1.48 bits per heavy atom. The van der Waals surface area contributed by atoms with Gasteiger partial charge in [-0.2, -0.15) is 15.8 Å². The summed E-state index contributed by atoms with van der Waals surface area (Å²) in [7, 11) is 0. The fraction of sp³-hybridized carbons (Fsp3) is 0.0556. The van der Waals surface area contributed by atoms with Crippen molar-refractivity contribution in [2.75, 3.05) is 0 Å². The molecular weight excluding hydrogens is 258 g/mol. The largest absolute Gasteiger partial charge is 0.196 e. The molecule has 0 aromatic heterocycles. The Morgan fingerprint density at radius 3 is 2.10 bits per heavy atom. The van der Waals surface area contributed by atoms with Crippen molar-refractivity contribution < 1.29 is 0 Å². The molecule has 1 aliphatic carbocycles. The molecule has 0 amide bonds. The third-order valence-electron chi connectivity index (χ3n) is 3.73. The van der Waals surface area contributed by atoms with E-state index in [1.165, 1.54) is 0 Å². The first-order chi connectivity index (χ1) is 10.2. The molecule has 0 saturated carbocycles. The molecule has 2 aromatic rings. The fourth-order valence-corrected chi connectivity index (χ4v) is 2.66. The second kappa shape index (κ2) is 4.64. The summed E-state index contributed by atoms with van der Waals surface area (Å²) in [6.07, 6.45) is 1.88. The summed E-state index contributed by atoms with van der Waals surface area (Å²) < 4.78 is 0. The highest BCUT2D eigenvalue weighted by Gasteiger charge is 2.43. The first-order valence-corrected chi connectivity index (χ1v) is 6.40. The van der Waals surface area contributed by atoms with Crippen molar-refractivity contribution in [1.29, 1.82) is 15.8 Å². The first kappa shape index (κ1) is 12.7. The minimum atomic E-state index is -1.29. The third kappa shape index (κ3) is 1.71. The quantitative estimate of drug-likeness (QED) is 0.795. The molecule has 0 N–H and O–H groups in total. The summed E-state index contributed by atoms with van der Waals surface area (Å²) in [6, 6.07) is 20.8. The summed E-state index contributed by atoms with van der Waals surface area (Å²) in [4.78, 5) is 0. The molecule has 1 aliphatic rings. The van der Waals surface area contributed by atoms with Crippen LogP contribution in [0.4, 0.5) is 0 Å². The van der Waals surface area contributed by atoms with Crippen LogP contribution in [-0.4, -0.2) is 0 Å². The molecule has 3 nitrogen and oxygen atoms in total. The number of nitriles is 3. The van der Waals surface area contributed by atoms with Gasteiger partial charge in [0.15, 0.2) is 5.41 Å². The van der Waals surface area contributed by atoms with E-state index in [0.717, 1.165) is 11.1 Å². The predicted octanol–water partition coefficient (Wildman–Crippen LogP) is 3.40. The molecule has 21 heavy (non-hydrogen) atoms.